The monoisotopic (exact) mass is 370 g/mol. The Morgan fingerprint density at radius 3 is 2.72 bits per heavy atom. The van der Waals surface area contributed by atoms with Gasteiger partial charge in [0, 0.05) is 24.8 Å². The van der Waals surface area contributed by atoms with Crippen molar-refractivity contribution in [2.45, 2.75) is 44.6 Å². The normalized spacial score (nSPS) is 22.6. The van der Waals surface area contributed by atoms with Gasteiger partial charge in [0.05, 0.1) is 0 Å². The number of nitrogens with one attached hydrogen (secondary N) is 2. The van der Waals surface area contributed by atoms with E-state index in [9.17, 15) is 13.2 Å². The van der Waals surface area contributed by atoms with Crippen molar-refractivity contribution >= 4 is 11.3 Å². The molecule has 25 heavy (non-hydrogen) atoms. The molecule has 3 heterocycles. The topological polar surface area (TPSA) is 44.0 Å². The summed E-state index contributed by atoms with van der Waals surface area (Å²) in [7, 11) is 0. The van der Waals surface area contributed by atoms with Gasteiger partial charge < -0.3 is 5.32 Å². The Bertz CT molecular complexity index is 704. The van der Waals surface area contributed by atoms with Crippen LogP contribution >= 0.6 is 11.3 Å². The van der Waals surface area contributed by atoms with Crippen molar-refractivity contribution in [1.29, 1.82) is 0 Å². The molecule has 1 saturated carbocycles. The van der Waals surface area contributed by atoms with Crippen LogP contribution < -0.4 is 5.32 Å². The first-order chi connectivity index (χ1) is 12.0. The maximum Gasteiger partial charge on any atom is 0.435 e. The molecule has 0 radical (unpaired) electrons. The van der Waals surface area contributed by atoms with E-state index in [4.69, 9.17) is 0 Å². The predicted molar refractivity (Wildman–Crippen MR) is 90.1 cm³/mol. The zero-order chi connectivity index (χ0) is 17.5. The minimum atomic E-state index is -4.40. The third-order valence-corrected chi connectivity index (χ3v) is 6.18. The molecule has 4 rings (SSSR count). The Morgan fingerprint density at radius 2 is 2.08 bits per heavy atom. The molecule has 2 aliphatic rings. The summed E-state index contributed by atoms with van der Waals surface area (Å²) in [6, 6.07) is 3.66. The second-order valence-corrected chi connectivity index (χ2v) is 7.93. The molecular weight excluding hydrogens is 349 g/mol. The molecule has 0 amide bonds. The molecule has 2 aromatic heterocycles. The number of aromatic amines is 1. The van der Waals surface area contributed by atoms with Gasteiger partial charge in [-0.3, -0.25) is 10.00 Å². The van der Waals surface area contributed by atoms with Crippen LogP contribution in [0.1, 0.15) is 36.2 Å². The van der Waals surface area contributed by atoms with Crippen molar-refractivity contribution in [1.82, 2.24) is 20.4 Å². The van der Waals surface area contributed by atoms with Crippen LogP contribution in [-0.4, -0.2) is 34.2 Å². The highest BCUT2D eigenvalue weighted by Gasteiger charge is 2.56. The van der Waals surface area contributed by atoms with Crippen LogP contribution in [0.4, 0.5) is 13.2 Å². The molecule has 1 spiro atoms. The molecular formula is C17H21F3N4S. The standard InChI is InChI=1S/C17H21F3N4S/c18-17(19,20)14-7-13(22-23-14)10-24(9-12-1-6-25-11-12)15-8-16(15)2-4-21-5-3-16/h1,6-7,11,15,21H,2-5,8-10H2,(H,22,23). The largest absolute Gasteiger partial charge is 0.435 e. The van der Waals surface area contributed by atoms with Crippen LogP contribution in [0.15, 0.2) is 22.9 Å². The first-order valence-corrected chi connectivity index (χ1v) is 9.48. The van der Waals surface area contributed by atoms with E-state index in [0.29, 0.717) is 23.7 Å². The molecule has 4 nitrogen and oxygen atoms in total. The smallest absolute Gasteiger partial charge is 0.317 e. The lowest BCUT2D eigenvalue weighted by atomic mass is 9.93. The molecule has 2 fully saturated rings. The Balaban J connectivity index is 1.51. The Morgan fingerprint density at radius 1 is 1.28 bits per heavy atom. The van der Waals surface area contributed by atoms with Crippen LogP contribution in [0.2, 0.25) is 0 Å². The Hall–Kier alpha value is -1.38. The van der Waals surface area contributed by atoms with E-state index in [-0.39, 0.29) is 0 Å². The van der Waals surface area contributed by atoms with Gasteiger partial charge in [-0.2, -0.15) is 29.6 Å². The quantitative estimate of drug-likeness (QED) is 0.845. The Kier molecular flexibility index (Phi) is 4.37. The molecule has 2 aromatic rings. The summed E-state index contributed by atoms with van der Waals surface area (Å²) in [5.74, 6) is 0. The average Bonchev–Trinajstić information content (AvgIpc) is 3.00. The lowest BCUT2D eigenvalue weighted by molar-refractivity contribution is -0.141. The number of alkyl halides is 3. The second kappa shape index (κ2) is 6.41. The van der Waals surface area contributed by atoms with E-state index in [1.807, 2.05) is 5.38 Å². The van der Waals surface area contributed by atoms with Crippen LogP contribution in [-0.2, 0) is 19.3 Å². The van der Waals surface area contributed by atoms with Crippen LogP contribution in [0.3, 0.4) is 0 Å². The highest BCUT2D eigenvalue weighted by atomic mass is 32.1. The zero-order valence-corrected chi connectivity index (χ0v) is 14.6. The van der Waals surface area contributed by atoms with Crippen LogP contribution in [0, 0.1) is 5.41 Å². The summed E-state index contributed by atoms with van der Waals surface area (Å²) >= 11 is 1.65. The van der Waals surface area contributed by atoms with Crippen molar-refractivity contribution in [2.75, 3.05) is 13.1 Å². The zero-order valence-electron chi connectivity index (χ0n) is 13.8. The molecule has 8 heteroatoms. The van der Waals surface area contributed by atoms with Crippen LogP contribution in [0.5, 0.6) is 0 Å². The summed E-state index contributed by atoms with van der Waals surface area (Å²) in [6.45, 7) is 3.30. The number of hydrogen-bond acceptors (Lipinski definition) is 4. The fourth-order valence-electron chi connectivity index (χ4n) is 4.00. The van der Waals surface area contributed by atoms with Gasteiger partial charge >= 0.3 is 6.18 Å². The summed E-state index contributed by atoms with van der Waals surface area (Å²) in [4.78, 5) is 2.32. The molecule has 136 valence electrons. The predicted octanol–water partition coefficient (Wildman–Crippen LogP) is 3.63. The molecule has 1 saturated heterocycles. The van der Waals surface area contributed by atoms with Gasteiger partial charge in [0.2, 0.25) is 0 Å². The first-order valence-electron chi connectivity index (χ1n) is 8.54. The molecule has 1 atom stereocenters. The number of piperidine rings is 1. The summed E-state index contributed by atoms with van der Waals surface area (Å²) in [5, 5.41) is 13.6. The maximum absolute atomic E-state index is 12.8. The van der Waals surface area contributed by atoms with Gasteiger partial charge in [-0.15, -0.1) is 0 Å². The second-order valence-electron chi connectivity index (χ2n) is 7.15. The van der Waals surface area contributed by atoms with Crippen LogP contribution in [0.25, 0.3) is 0 Å². The minimum Gasteiger partial charge on any atom is -0.317 e. The fourth-order valence-corrected chi connectivity index (χ4v) is 4.66. The average molecular weight is 370 g/mol. The van der Waals surface area contributed by atoms with E-state index < -0.39 is 11.9 Å². The van der Waals surface area contributed by atoms with Crippen molar-refractivity contribution in [3.63, 3.8) is 0 Å². The third-order valence-electron chi connectivity index (χ3n) is 5.45. The summed E-state index contributed by atoms with van der Waals surface area (Å²) in [6.07, 6.45) is -0.967. The number of halogens is 3. The van der Waals surface area contributed by atoms with Gasteiger partial charge in [0.25, 0.3) is 0 Å². The van der Waals surface area contributed by atoms with E-state index in [1.54, 1.807) is 11.3 Å². The number of H-pyrrole nitrogens is 1. The highest BCUT2D eigenvalue weighted by molar-refractivity contribution is 7.07. The van der Waals surface area contributed by atoms with Crippen molar-refractivity contribution in [2.24, 2.45) is 5.41 Å². The first kappa shape index (κ1) is 17.1. The Labute approximate surface area is 148 Å². The SMILES string of the molecule is FC(F)(F)c1cc(CN(Cc2ccsc2)C2CC23CCNCC3)[nH]n1. The fraction of sp³-hybridized carbons (Fsp3) is 0.588. The van der Waals surface area contributed by atoms with Crippen molar-refractivity contribution in [3.05, 3.63) is 39.8 Å². The molecule has 1 aliphatic carbocycles. The van der Waals surface area contributed by atoms with E-state index >= 15 is 0 Å². The molecule has 2 N–H and O–H groups in total. The van der Waals surface area contributed by atoms with Crippen molar-refractivity contribution < 1.29 is 13.2 Å². The van der Waals surface area contributed by atoms with Gasteiger partial charge in [0.15, 0.2) is 5.69 Å². The van der Waals surface area contributed by atoms with Crippen molar-refractivity contribution in [3.8, 4) is 0 Å². The molecule has 1 aliphatic heterocycles. The maximum atomic E-state index is 12.8. The van der Waals surface area contributed by atoms with Gasteiger partial charge in [-0.1, -0.05) is 0 Å². The van der Waals surface area contributed by atoms with Gasteiger partial charge in [-0.05, 0) is 66.2 Å². The highest BCUT2D eigenvalue weighted by Crippen LogP contribution is 2.56. The lowest BCUT2D eigenvalue weighted by Gasteiger charge is -2.29. The number of aromatic nitrogens is 2. The van der Waals surface area contributed by atoms with E-state index in [2.05, 4.69) is 31.9 Å². The molecule has 1 unspecified atom stereocenters. The minimum absolute atomic E-state index is 0.341. The number of rotatable bonds is 5. The summed E-state index contributed by atoms with van der Waals surface area (Å²) < 4.78 is 38.4. The number of hydrogen-bond donors (Lipinski definition) is 2. The lowest BCUT2D eigenvalue weighted by Crippen LogP contribution is -2.35. The van der Waals surface area contributed by atoms with Gasteiger partial charge in [-0.25, -0.2) is 0 Å². The van der Waals surface area contributed by atoms with E-state index in [0.717, 1.165) is 45.0 Å². The number of nitrogens with zero attached hydrogens (tertiary/aromatic N) is 2. The summed E-state index contributed by atoms with van der Waals surface area (Å²) in [5.41, 5.74) is 1.24. The molecule has 0 bridgehead atoms. The molecule has 0 aromatic carbocycles. The number of thiophene rings is 1. The van der Waals surface area contributed by atoms with Gasteiger partial charge in [0.1, 0.15) is 0 Å². The van der Waals surface area contributed by atoms with E-state index in [1.165, 1.54) is 5.56 Å². The third kappa shape index (κ3) is 3.61.